The summed E-state index contributed by atoms with van der Waals surface area (Å²) in [6.07, 6.45) is 0. The van der Waals surface area contributed by atoms with Gasteiger partial charge in [-0.1, -0.05) is 0 Å². The fourth-order valence-corrected chi connectivity index (χ4v) is 1.05. The molecule has 1 rings (SSSR count). The Kier molecular flexibility index (Phi) is 3.43. The van der Waals surface area contributed by atoms with E-state index in [1.165, 1.54) is 0 Å². The van der Waals surface area contributed by atoms with Crippen molar-refractivity contribution in [2.24, 2.45) is 0 Å². The molecule has 72 valence electrons. The van der Waals surface area contributed by atoms with E-state index in [0.717, 1.165) is 5.75 Å². The van der Waals surface area contributed by atoms with Crippen LogP contribution in [0, 0.1) is 0 Å². The van der Waals surface area contributed by atoms with Crippen LogP contribution in [-0.4, -0.2) is 13.2 Å². The van der Waals surface area contributed by atoms with Crippen LogP contribution in [-0.2, 0) is 0 Å². The summed E-state index contributed by atoms with van der Waals surface area (Å²) in [5, 5.41) is 0. The number of rotatable bonds is 4. The Morgan fingerprint density at radius 1 is 1.15 bits per heavy atom. The first kappa shape index (κ1) is 9.71. The molecule has 0 amide bonds. The summed E-state index contributed by atoms with van der Waals surface area (Å²) in [7, 11) is 0. The molecule has 0 aliphatic heterocycles. The Bertz CT molecular complexity index is 274. The van der Waals surface area contributed by atoms with Crippen molar-refractivity contribution in [1.82, 2.24) is 0 Å². The van der Waals surface area contributed by atoms with Gasteiger partial charge in [-0.15, -0.1) is 0 Å². The summed E-state index contributed by atoms with van der Waals surface area (Å²) in [5.74, 6) is 1.48. The van der Waals surface area contributed by atoms with E-state index in [-0.39, 0.29) is 0 Å². The molecule has 0 unspecified atom stereocenters. The molecule has 0 heterocycles. The van der Waals surface area contributed by atoms with Gasteiger partial charge >= 0.3 is 0 Å². The summed E-state index contributed by atoms with van der Waals surface area (Å²) in [6.45, 7) is 5.12. The number of anilines is 1. The zero-order valence-electron chi connectivity index (χ0n) is 8.04. The van der Waals surface area contributed by atoms with Crippen LogP contribution in [0.4, 0.5) is 5.69 Å². The van der Waals surface area contributed by atoms with Gasteiger partial charge in [0.2, 0.25) is 0 Å². The average molecular weight is 181 g/mol. The second-order valence-corrected chi connectivity index (χ2v) is 2.57. The summed E-state index contributed by atoms with van der Waals surface area (Å²) in [5.41, 5.74) is 6.33. The second-order valence-electron chi connectivity index (χ2n) is 2.57. The fourth-order valence-electron chi connectivity index (χ4n) is 1.05. The number of hydrogen-bond donors (Lipinski definition) is 1. The summed E-state index contributed by atoms with van der Waals surface area (Å²) >= 11 is 0. The van der Waals surface area contributed by atoms with Gasteiger partial charge in [0.1, 0.15) is 11.5 Å². The predicted molar refractivity (Wildman–Crippen MR) is 53.2 cm³/mol. The number of nitrogen functional groups attached to an aromatic ring is 1. The molecule has 0 saturated carbocycles. The lowest BCUT2D eigenvalue weighted by Crippen LogP contribution is -1.98. The van der Waals surface area contributed by atoms with E-state index in [0.29, 0.717) is 24.7 Å². The van der Waals surface area contributed by atoms with Gasteiger partial charge in [0.15, 0.2) is 0 Å². The van der Waals surface area contributed by atoms with Crippen LogP contribution in [0.3, 0.4) is 0 Å². The highest BCUT2D eigenvalue weighted by molar-refractivity contribution is 5.55. The molecule has 0 aromatic heterocycles. The molecule has 0 atom stereocenters. The Morgan fingerprint density at radius 2 is 1.85 bits per heavy atom. The minimum absolute atomic E-state index is 0.611. The van der Waals surface area contributed by atoms with Crippen molar-refractivity contribution in [3.63, 3.8) is 0 Å². The van der Waals surface area contributed by atoms with Crippen molar-refractivity contribution in [3.05, 3.63) is 18.2 Å². The molecule has 2 N–H and O–H groups in total. The van der Waals surface area contributed by atoms with Crippen LogP contribution in [0.15, 0.2) is 18.2 Å². The Hall–Kier alpha value is -1.38. The van der Waals surface area contributed by atoms with Crippen molar-refractivity contribution < 1.29 is 9.47 Å². The summed E-state index contributed by atoms with van der Waals surface area (Å²) in [6, 6.07) is 5.43. The quantitative estimate of drug-likeness (QED) is 0.723. The molecule has 1 aromatic carbocycles. The molecule has 1 aromatic rings. The highest BCUT2D eigenvalue weighted by atomic mass is 16.5. The smallest absolute Gasteiger partial charge is 0.145 e. The molecule has 3 heteroatoms. The maximum absolute atomic E-state index is 5.69. The minimum Gasteiger partial charge on any atom is -0.494 e. The first-order valence-corrected chi connectivity index (χ1v) is 4.43. The molecule has 0 aliphatic rings. The van der Waals surface area contributed by atoms with Gasteiger partial charge in [0.25, 0.3) is 0 Å². The van der Waals surface area contributed by atoms with E-state index < -0.39 is 0 Å². The Morgan fingerprint density at radius 3 is 2.46 bits per heavy atom. The van der Waals surface area contributed by atoms with Crippen molar-refractivity contribution in [2.75, 3.05) is 18.9 Å². The third-order valence-electron chi connectivity index (χ3n) is 1.60. The molecule has 0 fully saturated rings. The van der Waals surface area contributed by atoms with Crippen molar-refractivity contribution in [2.45, 2.75) is 13.8 Å². The number of nitrogens with two attached hydrogens (primary N) is 1. The summed E-state index contributed by atoms with van der Waals surface area (Å²) in [4.78, 5) is 0. The Balaban J connectivity index is 2.83. The van der Waals surface area contributed by atoms with E-state index >= 15 is 0 Å². The molecule has 13 heavy (non-hydrogen) atoms. The van der Waals surface area contributed by atoms with Crippen LogP contribution in [0.1, 0.15) is 13.8 Å². The molecular formula is C10H15NO2. The van der Waals surface area contributed by atoms with Crippen molar-refractivity contribution in [3.8, 4) is 11.5 Å². The van der Waals surface area contributed by atoms with E-state index in [9.17, 15) is 0 Å². The van der Waals surface area contributed by atoms with Gasteiger partial charge in [0, 0.05) is 6.07 Å². The molecule has 0 aliphatic carbocycles. The van der Waals surface area contributed by atoms with Gasteiger partial charge in [-0.3, -0.25) is 0 Å². The maximum atomic E-state index is 5.69. The Labute approximate surface area is 78.5 Å². The molecule has 0 saturated heterocycles. The topological polar surface area (TPSA) is 44.5 Å². The molecule has 0 spiro atoms. The zero-order chi connectivity index (χ0) is 9.68. The zero-order valence-corrected chi connectivity index (χ0v) is 8.04. The van der Waals surface area contributed by atoms with Gasteiger partial charge in [0.05, 0.1) is 18.9 Å². The maximum Gasteiger partial charge on any atom is 0.145 e. The highest BCUT2D eigenvalue weighted by Crippen LogP contribution is 2.26. The largest absolute Gasteiger partial charge is 0.494 e. The van der Waals surface area contributed by atoms with Crippen molar-refractivity contribution in [1.29, 1.82) is 0 Å². The number of ether oxygens (including phenoxy) is 2. The molecule has 0 radical (unpaired) electrons. The lowest BCUT2D eigenvalue weighted by molar-refractivity contribution is 0.324. The second kappa shape index (κ2) is 4.60. The SMILES string of the molecule is CCOc1ccc(N)c(OCC)c1. The van der Waals surface area contributed by atoms with E-state index in [1.54, 1.807) is 6.07 Å². The molecule has 0 bridgehead atoms. The fraction of sp³-hybridized carbons (Fsp3) is 0.400. The van der Waals surface area contributed by atoms with Crippen molar-refractivity contribution >= 4 is 5.69 Å². The molecule has 3 nitrogen and oxygen atoms in total. The first-order chi connectivity index (χ1) is 6.27. The van der Waals surface area contributed by atoms with Crippen LogP contribution in [0.2, 0.25) is 0 Å². The van der Waals surface area contributed by atoms with Gasteiger partial charge in [-0.05, 0) is 26.0 Å². The van der Waals surface area contributed by atoms with Crippen LogP contribution in [0.5, 0.6) is 11.5 Å². The van der Waals surface area contributed by atoms with Gasteiger partial charge in [-0.2, -0.15) is 0 Å². The van der Waals surface area contributed by atoms with Gasteiger partial charge in [-0.25, -0.2) is 0 Å². The van der Waals surface area contributed by atoms with Crippen LogP contribution in [0.25, 0.3) is 0 Å². The third kappa shape index (κ3) is 2.54. The predicted octanol–water partition coefficient (Wildman–Crippen LogP) is 2.07. The van der Waals surface area contributed by atoms with Gasteiger partial charge < -0.3 is 15.2 Å². The van der Waals surface area contributed by atoms with E-state index in [2.05, 4.69) is 0 Å². The lowest BCUT2D eigenvalue weighted by atomic mass is 10.3. The van der Waals surface area contributed by atoms with E-state index in [1.807, 2.05) is 26.0 Å². The van der Waals surface area contributed by atoms with E-state index in [4.69, 9.17) is 15.2 Å². The molecular weight excluding hydrogens is 166 g/mol. The van der Waals surface area contributed by atoms with Crippen LogP contribution < -0.4 is 15.2 Å². The van der Waals surface area contributed by atoms with Crippen LogP contribution >= 0.6 is 0 Å². The third-order valence-corrected chi connectivity index (χ3v) is 1.60. The summed E-state index contributed by atoms with van der Waals surface area (Å²) < 4.78 is 10.6. The number of hydrogen-bond acceptors (Lipinski definition) is 3. The standard InChI is InChI=1S/C10H15NO2/c1-3-12-8-5-6-9(11)10(7-8)13-4-2/h5-7H,3-4,11H2,1-2H3. The normalized spacial score (nSPS) is 9.69. The lowest BCUT2D eigenvalue weighted by Gasteiger charge is -2.09. The minimum atomic E-state index is 0.611. The monoisotopic (exact) mass is 181 g/mol. The number of benzene rings is 1. The highest BCUT2D eigenvalue weighted by Gasteiger charge is 2.01. The first-order valence-electron chi connectivity index (χ1n) is 4.43. The average Bonchev–Trinajstić information content (AvgIpc) is 2.12.